The number of sulfonamides is 1. The van der Waals surface area contributed by atoms with Crippen LogP contribution in [0.4, 0.5) is 0 Å². The highest BCUT2D eigenvalue weighted by Crippen LogP contribution is 2.09. The third kappa shape index (κ3) is 8.51. The maximum atomic E-state index is 11.9. The molecule has 0 saturated heterocycles. The molecular weight excluding hydrogens is 350 g/mol. The predicted octanol–water partition coefficient (Wildman–Crippen LogP) is 0.813. The van der Waals surface area contributed by atoms with Crippen molar-refractivity contribution in [2.75, 3.05) is 19.4 Å². The van der Waals surface area contributed by atoms with E-state index in [1.807, 2.05) is 6.92 Å². The van der Waals surface area contributed by atoms with Gasteiger partial charge in [-0.2, -0.15) is 13.1 Å². The van der Waals surface area contributed by atoms with Gasteiger partial charge in [-0.25, -0.2) is 8.42 Å². The Kier molecular flexibility index (Phi) is 7.69. The van der Waals surface area contributed by atoms with Gasteiger partial charge in [0.1, 0.15) is 6.61 Å². The Balaban J connectivity index is 2.43. The summed E-state index contributed by atoms with van der Waals surface area (Å²) in [5, 5.41) is 0. The minimum atomic E-state index is -3.57. The van der Waals surface area contributed by atoms with Gasteiger partial charge in [-0.3, -0.25) is 4.18 Å². The molecule has 0 aliphatic carbocycles. The molecule has 1 N–H and O–H groups in total. The van der Waals surface area contributed by atoms with Crippen molar-refractivity contribution in [2.24, 2.45) is 0 Å². The lowest BCUT2D eigenvalue weighted by atomic mass is 10.2. The number of hydrogen-bond acceptors (Lipinski definition) is 5. The van der Waals surface area contributed by atoms with Crippen LogP contribution >= 0.6 is 0 Å². The largest absolute Gasteiger partial charge is 0.265 e. The molecule has 0 fully saturated rings. The van der Waals surface area contributed by atoms with Gasteiger partial charge in [0.15, 0.2) is 0 Å². The molecule has 0 amide bonds. The summed E-state index contributed by atoms with van der Waals surface area (Å²) in [7, 11) is -7.06. The van der Waals surface area contributed by atoms with Gasteiger partial charge in [0.05, 0.1) is 17.7 Å². The summed E-state index contributed by atoms with van der Waals surface area (Å²) >= 11 is 0. The fraction of sp³-hybridized carbons (Fsp3) is 0.250. The number of benzene rings is 1. The third-order valence-electron chi connectivity index (χ3n) is 2.48. The topological polar surface area (TPSA) is 89.5 Å². The normalized spacial score (nSPS) is 11.4. The molecule has 0 spiro atoms. The molecule has 1 aromatic rings. The van der Waals surface area contributed by atoms with Crippen molar-refractivity contribution in [3.05, 3.63) is 42.0 Å². The Morgan fingerprint density at radius 2 is 1.62 bits per heavy atom. The van der Waals surface area contributed by atoms with Crippen molar-refractivity contribution in [3.8, 4) is 23.7 Å². The van der Waals surface area contributed by atoms with Crippen molar-refractivity contribution >= 4 is 20.1 Å². The number of nitrogens with one attached hydrogen (secondary N) is 1. The number of hydrogen-bond donors (Lipinski definition) is 1. The van der Waals surface area contributed by atoms with E-state index in [0.29, 0.717) is 0 Å². The Bertz CT molecular complexity index is 907. The zero-order valence-corrected chi connectivity index (χ0v) is 14.9. The van der Waals surface area contributed by atoms with Gasteiger partial charge in [0.25, 0.3) is 10.1 Å². The SMILES string of the molecule is Cc1ccc(S(=O)(=O)NCC#C/C=C\C#CCOS(C)(=O)=O)cc1. The summed E-state index contributed by atoms with van der Waals surface area (Å²) < 4.78 is 52.0. The van der Waals surface area contributed by atoms with Gasteiger partial charge in [0, 0.05) is 0 Å². The zero-order chi connectivity index (χ0) is 18.1. The first-order valence-electron chi connectivity index (χ1n) is 6.73. The molecule has 0 aliphatic heterocycles. The van der Waals surface area contributed by atoms with E-state index >= 15 is 0 Å². The summed E-state index contributed by atoms with van der Waals surface area (Å²) in [6.45, 7) is 1.61. The van der Waals surface area contributed by atoms with E-state index in [1.54, 1.807) is 12.1 Å². The molecule has 0 saturated carbocycles. The molecule has 0 atom stereocenters. The van der Waals surface area contributed by atoms with E-state index in [4.69, 9.17) is 0 Å². The molecule has 0 heterocycles. The first-order chi connectivity index (χ1) is 11.2. The van der Waals surface area contributed by atoms with Crippen molar-refractivity contribution < 1.29 is 21.0 Å². The van der Waals surface area contributed by atoms with E-state index in [-0.39, 0.29) is 18.0 Å². The Hall–Kier alpha value is -2.10. The Morgan fingerprint density at radius 1 is 1.04 bits per heavy atom. The molecular formula is C16H17NO5S2. The summed E-state index contributed by atoms with van der Waals surface area (Å²) in [4.78, 5) is 0.183. The van der Waals surface area contributed by atoms with Crippen LogP contribution in [0, 0.1) is 30.6 Å². The molecule has 8 heteroatoms. The minimum absolute atomic E-state index is 0.0365. The van der Waals surface area contributed by atoms with Gasteiger partial charge in [0.2, 0.25) is 10.0 Å². The smallest absolute Gasteiger partial charge is 0.257 e. The fourth-order valence-corrected chi connectivity index (χ4v) is 2.56. The van der Waals surface area contributed by atoms with E-state index in [0.717, 1.165) is 11.8 Å². The van der Waals surface area contributed by atoms with Crippen LogP contribution in [0.15, 0.2) is 41.3 Å². The maximum Gasteiger partial charge on any atom is 0.265 e. The molecule has 128 valence electrons. The van der Waals surface area contributed by atoms with Crippen molar-refractivity contribution in [2.45, 2.75) is 11.8 Å². The van der Waals surface area contributed by atoms with Gasteiger partial charge < -0.3 is 0 Å². The zero-order valence-electron chi connectivity index (χ0n) is 13.2. The predicted molar refractivity (Wildman–Crippen MR) is 91.9 cm³/mol. The van der Waals surface area contributed by atoms with Crippen molar-refractivity contribution in [3.63, 3.8) is 0 Å². The number of aryl methyl sites for hydroxylation is 1. The third-order valence-corrected chi connectivity index (χ3v) is 4.44. The monoisotopic (exact) mass is 367 g/mol. The highest BCUT2D eigenvalue weighted by Gasteiger charge is 2.11. The molecule has 0 bridgehead atoms. The fourth-order valence-electron chi connectivity index (χ4n) is 1.36. The molecule has 1 rings (SSSR count). The van der Waals surface area contributed by atoms with Gasteiger partial charge in [-0.15, -0.1) is 0 Å². The highest BCUT2D eigenvalue weighted by molar-refractivity contribution is 7.89. The first-order valence-corrected chi connectivity index (χ1v) is 10.0. The van der Waals surface area contributed by atoms with E-state index in [9.17, 15) is 16.8 Å². The van der Waals surface area contributed by atoms with Crippen LogP contribution in [-0.4, -0.2) is 36.2 Å². The average Bonchev–Trinajstić information content (AvgIpc) is 2.48. The van der Waals surface area contributed by atoms with E-state index in [1.165, 1.54) is 24.3 Å². The maximum absolute atomic E-state index is 11.9. The van der Waals surface area contributed by atoms with Crippen LogP contribution in [0.25, 0.3) is 0 Å². The average molecular weight is 367 g/mol. The van der Waals surface area contributed by atoms with Crippen LogP contribution in [0.1, 0.15) is 5.56 Å². The van der Waals surface area contributed by atoms with Crippen LogP contribution in [0.5, 0.6) is 0 Å². The highest BCUT2D eigenvalue weighted by atomic mass is 32.2. The van der Waals surface area contributed by atoms with Crippen molar-refractivity contribution in [1.29, 1.82) is 0 Å². The van der Waals surface area contributed by atoms with E-state index < -0.39 is 20.1 Å². The van der Waals surface area contributed by atoms with Crippen LogP contribution < -0.4 is 4.72 Å². The second-order valence-electron chi connectivity index (χ2n) is 4.58. The van der Waals surface area contributed by atoms with Gasteiger partial charge in [-0.05, 0) is 31.2 Å². The molecule has 24 heavy (non-hydrogen) atoms. The lowest BCUT2D eigenvalue weighted by molar-refractivity contribution is 0.368. The summed E-state index contributed by atoms with van der Waals surface area (Å²) in [5.41, 5.74) is 0.974. The second kappa shape index (κ2) is 9.26. The minimum Gasteiger partial charge on any atom is -0.257 e. The molecule has 0 unspecified atom stereocenters. The van der Waals surface area contributed by atoms with Crippen LogP contribution in [0.2, 0.25) is 0 Å². The summed E-state index contributed by atoms with van der Waals surface area (Å²) in [6.07, 6.45) is 3.77. The Labute approximate surface area is 143 Å². The molecule has 0 aliphatic rings. The van der Waals surface area contributed by atoms with Crippen LogP contribution in [-0.2, 0) is 24.3 Å². The summed E-state index contributed by atoms with van der Waals surface area (Å²) in [5.74, 6) is 10.2. The van der Waals surface area contributed by atoms with E-state index in [2.05, 4.69) is 32.6 Å². The molecule has 6 nitrogen and oxygen atoms in total. The van der Waals surface area contributed by atoms with Crippen molar-refractivity contribution in [1.82, 2.24) is 4.72 Å². The number of rotatable bonds is 5. The quantitative estimate of drug-likeness (QED) is 0.615. The summed E-state index contributed by atoms with van der Waals surface area (Å²) in [6, 6.07) is 6.49. The second-order valence-corrected chi connectivity index (χ2v) is 7.99. The Morgan fingerprint density at radius 3 is 2.21 bits per heavy atom. The van der Waals surface area contributed by atoms with Gasteiger partial charge >= 0.3 is 0 Å². The number of allylic oxidation sites excluding steroid dienone is 2. The molecule has 0 radical (unpaired) electrons. The lowest BCUT2D eigenvalue weighted by Gasteiger charge is -2.03. The molecule has 1 aromatic carbocycles. The van der Waals surface area contributed by atoms with Gasteiger partial charge in [-0.1, -0.05) is 41.4 Å². The molecule has 0 aromatic heterocycles. The first kappa shape index (κ1) is 19.9. The van der Waals surface area contributed by atoms with Crippen LogP contribution in [0.3, 0.4) is 0 Å². The standard InChI is InChI=1S/C16H17NO5S2/c1-15-9-11-16(12-10-15)24(20,21)17-13-7-5-3-4-6-8-14-22-23(2,18)19/h3-4,9-12,17H,13-14H2,1-2H3/b4-3-. The lowest BCUT2D eigenvalue weighted by Crippen LogP contribution is -2.23.